The second-order valence-corrected chi connectivity index (χ2v) is 7.38. The third-order valence-electron chi connectivity index (χ3n) is 5.07. The fraction of sp³-hybridized carbons (Fsp3) is 0.308. The van der Waals surface area contributed by atoms with Gasteiger partial charge in [0.1, 0.15) is 5.75 Å². The summed E-state index contributed by atoms with van der Waals surface area (Å²) in [6.45, 7) is 2.67. The molecule has 0 aliphatic heterocycles. The Morgan fingerprint density at radius 1 is 0.667 bits per heavy atom. The summed E-state index contributed by atoms with van der Waals surface area (Å²) in [6, 6.07) is 29.7. The van der Waals surface area contributed by atoms with E-state index in [1.165, 1.54) is 16.7 Å². The first-order valence-electron chi connectivity index (χ1n) is 10.3. The largest absolute Gasteiger partial charge is 0.468 e. The molecule has 0 aliphatic rings. The fourth-order valence-electron chi connectivity index (χ4n) is 3.56. The fourth-order valence-corrected chi connectivity index (χ4v) is 3.56. The van der Waals surface area contributed by atoms with Gasteiger partial charge in [-0.2, -0.15) is 0 Å². The van der Waals surface area contributed by atoms with Gasteiger partial charge in [-0.05, 0) is 35.2 Å². The third kappa shape index (κ3) is 6.99. The minimum Gasteiger partial charge on any atom is -0.468 e. The van der Waals surface area contributed by atoms with Crippen LogP contribution in [0.1, 0.15) is 16.7 Å². The molecule has 0 aromatic heterocycles. The maximum Gasteiger partial charge on any atom is 0.188 e. The van der Waals surface area contributed by atoms with Crippen LogP contribution < -0.4 is 4.74 Å². The Morgan fingerprint density at radius 3 is 1.73 bits per heavy atom. The van der Waals surface area contributed by atoms with Crippen LogP contribution in [0, 0.1) is 0 Å². The molecule has 0 N–H and O–H groups in total. The smallest absolute Gasteiger partial charge is 0.188 e. The third-order valence-corrected chi connectivity index (χ3v) is 5.07. The van der Waals surface area contributed by atoms with Crippen LogP contribution >= 0.6 is 0 Å². The van der Waals surface area contributed by atoms with Gasteiger partial charge >= 0.3 is 0 Å². The Morgan fingerprint density at radius 2 is 1.23 bits per heavy atom. The summed E-state index contributed by atoms with van der Waals surface area (Å²) in [5, 5.41) is 0. The van der Waals surface area contributed by atoms with E-state index in [1.54, 1.807) is 14.2 Å². The lowest BCUT2D eigenvalue weighted by atomic mass is 10.0. The zero-order chi connectivity index (χ0) is 21.0. The molecule has 0 amide bonds. The van der Waals surface area contributed by atoms with E-state index in [0.717, 1.165) is 25.3 Å². The van der Waals surface area contributed by atoms with Crippen LogP contribution in [-0.4, -0.2) is 38.6 Å². The number of methoxy groups -OCH3 is 2. The van der Waals surface area contributed by atoms with E-state index in [1.807, 2.05) is 12.1 Å². The molecule has 158 valence electrons. The van der Waals surface area contributed by atoms with Gasteiger partial charge in [0.05, 0.1) is 6.61 Å². The molecular formula is C26H31NO3. The maximum absolute atomic E-state index is 5.63. The van der Waals surface area contributed by atoms with Crippen LogP contribution in [0.2, 0.25) is 0 Å². The van der Waals surface area contributed by atoms with Gasteiger partial charge in [-0.15, -0.1) is 0 Å². The van der Waals surface area contributed by atoms with Gasteiger partial charge in [-0.25, -0.2) is 0 Å². The number of ether oxygens (including phenoxy) is 3. The van der Waals surface area contributed by atoms with Crippen molar-refractivity contribution in [2.24, 2.45) is 0 Å². The van der Waals surface area contributed by atoms with E-state index in [-0.39, 0.29) is 12.8 Å². The van der Waals surface area contributed by atoms with E-state index < -0.39 is 0 Å². The molecule has 0 saturated carbocycles. The molecule has 3 aromatic carbocycles. The van der Waals surface area contributed by atoms with Gasteiger partial charge in [0.15, 0.2) is 6.79 Å². The van der Waals surface area contributed by atoms with Crippen molar-refractivity contribution in [3.8, 4) is 5.75 Å². The molecule has 0 heterocycles. The molecule has 0 spiro atoms. The number of benzene rings is 3. The molecule has 4 nitrogen and oxygen atoms in total. The van der Waals surface area contributed by atoms with Gasteiger partial charge in [0.25, 0.3) is 0 Å². The Balaban J connectivity index is 1.77. The highest BCUT2D eigenvalue weighted by molar-refractivity contribution is 5.28. The lowest BCUT2D eigenvalue weighted by Crippen LogP contribution is -2.39. The first kappa shape index (κ1) is 22.0. The second kappa shape index (κ2) is 12.1. The van der Waals surface area contributed by atoms with Gasteiger partial charge in [0, 0.05) is 33.4 Å². The van der Waals surface area contributed by atoms with Crippen LogP contribution in [0.15, 0.2) is 84.9 Å². The molecule has 3 aromatic rings. The van der Waals surface area contributed by atoms with Crippen LogP contribution in [0.25, 0.3) is 0 Å². The number of hydrogen-bond acceptors (Lipinski definition) is 4. The number of hydrogen-bond donors (Lipinski definition) is 0. The van der Waals surface area contributed by atoms with Crippen LogP contribution in [0.3, 0.4) is 0 Å². The van der Waals surface area contributed by atoms with Crippen molar-refractivity contribution in [1.29, 1.82) is 0 Å². The summed E-state index contributed by atoms with van der Waals surface area (Å²) in [7, 11) is 3.40. The Labute approximate surface area is 180 Å². The van der Waals surface area contributed by atoms with Crippen LogP contribution in [-0.2, 0) is 29.0 Å². The highest BCUT2D eigenvalue weighted by Gasteiger charge is 2.20. The molecular weight excluding hydrogens is 374 g/mol. The molecule has 30 heavy (non-hydrogen) atoms. The first-order chi connectivity index (χ1) is 14.8. The summed E-state index contributed by atoms with van der Waals surface area (Å²) in [4.78, 5) is 2.50. The van der Waals surface area contributed by atoms with E-state index in [2.05, 4.69) is 77.7 Å². The summed E-state index contributed by atoms with van der Waals surface area (Å²) < 4.78 is 16.1. The molecule has 0 radical (unpaired) electrons. The summed E-state index contributed by atoms with van der Waals surface area (Å²) >= 11 is 0. The Bertz CT molecular complexity index is 796. The monoisotopic (exact) mass is 405 g/mol. The van der Waals surface area contributed by atoms with Crippen LogP contribution in [0.4, 0.5) is 0 Å². The summed E-state index contributed by atoms with van der Waals surface area (Å²) in [5.74, 6) is 0.814. The van der Waals surface area contributed by atoms with Crippen LogP contribution in [0.5, 0.6) is 5.75 Å². The van der Waals surface area contributed by atoms with Crippen molar-refractivity contribution in [2.45, 2.75) is 25.6 Å². The van der Waals surface area contributed by atoms with E-state index in [9.17, 15) is 0 Å². The van der Waals surface area contributed by atoms with E-state index in [0.29, 0.717) is 6.61 Å². The zero-order valence-corrected chi connectivity index (χ0v) is 17.9. The predicted octanol–water partition coefficient (Wildman–Crippen LogP) is 4.93. The first-order valence-corrected chi connectivity index (χ1v) is 10.3. The maximum atomic E-state index is 5.63. The normalized spacial score (nSPS) is 12.1. The van der Waals surface area contributed by atoms with Gasteiger partial charge < -0.3 is 14.2 Å². The van der Waals surface area contributed by atoms with Crippen molar-refractivity contribution in [1.82, 2.24) is 4.90 Å². The number of rotatable bonds is 12. The highest BCUT2D eigenvalue weighted by Crippen LogP contribution is 2.19. The highest BCUT2D eigenvalue weighted by atomic mass is 16.7. The second-order valence-electron chi connectivity index (χ2n) is 7.38. The van der Waals surface area contributed by atoms with Gasteiger partial charge in [-0.3, -0.25) is 4.90 Å². The van der Waals surface area contributed by atoms with Gasteiger partial charge in [-0.1, -0.05) is 72.8 Å². The molecule has 0 saturated heterocycles. The van der Waals surface area contributed by atoms with Crippen molar-refractivity contribution in [2.75, 3.05) is 27.6 Å². The number of nitrogens with zero attached hydrogens (tertiary/aromatic N) is 1. The lowest BCUT2D eigenvalue weighted by molar-refractivity contribution is 0.0511. The lowest BCUT2D eigenvalue weighted by Gasteiger charge is -2.32. The molecule has 4 heteroatoms. The molecule has 0 bridgehead atoms. The average molecular weight is 406 g/mol. The van der Waals surface area contributed by atoms with E-state index in [4.69, 9.17) is 14.2 Å². The van der Waals surface area contributed by atoms with E-state index >= 15 is 0 Å². The molecule has 3 rings (SSSR count). The Kier molecular flexibility index (Phi) is 8.91. The Hall–Kier alpha value is -2.66. The van der Waals surface area contributed by atoms with Crippen molar-refractivity contribution in [3.63, 3.8) is 0 Å². The standard InChI is InChI=1S/C26H31NO3/c1-28-20-25(17-22-13-15-26(16-14-22)30-21-29-2)27(18-23-9-5-3-6-10-23)19-24-11-7-4-8-12-24/h3-16,25H,17-21H2,1-2H3/t25-/m0/s1. The minimum absolute atomic E-state index is 0.251. The minimum atomic E-state index is 0.251. The van der Waals surface area contributed by atoms with Gasteiger partial charge in [0.2, 0.25) is 0 Å². The van der Waals surface area contributed by atoms with Crippen molar-refractivity contribution in [3.05, 3.63) is 102 Å². The van der Waals surface area contributed by atoms with Crippen molar-refractivity contribution >= 4 is 0 Å². The van der Waals surface area contributed by atoms with Crippen molar-refractivity contribution < 1.29 is 14.2 Å². The summed E-state index contributed by atoms with van der Waals surface area (Å²) in [6.07, 6.45) is 0.901. The topological polar surface area (TPSA) is 30.9 Å². The predicted molar refractivity (Wildman–Crippen MR) is 120 cm³/mol. The SMILES string of the molecule is COCOc1ccc(C[C@@H](COC)N(Cc2ccccc2)Cc2ccccc2)cc1. The average Bonchev–Trinajstić information content (AvgIpc) is 2.79. The zero-order valence-electron chi connectivity index (χ0n) is 17.9. The molecule has 0 fully saturated rings. The molecule has 0 unspecified atom stereocenters. The molecule has 0 aliphatic carbocycles. The summed E-state index contributed by atoms with van der Waals surface area (Å²) in [5.41, 5.74) is 3.86. The quantitative estimate of drug-likeness (QED) is 0.400. The molecule has 1 atom stereocenters.